The molecule has 6 heteroatoms. The van der Waals surface area contributed by atoms with Gasteiger partial charge in [0, 0.05) is 23.3 Å². The molecule has 0 heterocycles. The summed E-state index contributed by atoms with van der Waals surface area (Å²) >= 11 is 0. The van der Waals surface area contributed by atoms with Crippen molar-refractivity contribution in [2.75, 3.05) is 0 Å². The fourth-order valence-corrected chi connectivity index (χ4v) is 1.89. The first-order chi connectivity index (χ1) is 11.8. The molecule has 0 atom stereocenters. The Labute approximate surface area is 143 Å². The van der Waals surface area contributed by atoms with E-state index in [0.717, 1.165) is 18.2 Å². The van der Waals surface area contributed by atoms with Crippen molar-refractivity contribution < 1.29 is 27.8 Å². The Morgan fingerprint density at radius 1 is 1.04 bits per heavy atom. The van der Waals surface area contributed by atoms with Crippen LogP contribution in [0.3, 0.4) is 0 Å². The van der Waals surface area contributed by atoms with Crippen molar-refractivity contribution in [2.45, 2.75) is 6.92 Å². The predicted molar refractivity (Wildman–Crippen MR) is 88.1 cm³/mol. The lowest BCUT2D eigenvalue weighted by Crippen LogP contribution is -2.09. The topological polar surface area (TPSA) is 52.6 Å². The number of rotatable bonds is 5. The summed E-state index contributed by atoms with van der Waals surface area (Å²) in [5.41, 5.74) is 0.445. The maximum absolute atomic E-state index is 14.2. The van der Waals surface area contributed by atoms with E-state index >= 15 is 0 Å². The van der Waals surface area contributed by atoms with Gasteiger partial charge >= 0.3 is 11.9 Å². The van der Waals surface area contributed by atoms with Gasteiger partial charge in [-0.3, -0.25) is 0 Å². The molecular formula is C19H14F2O4. The van der Waals surface area contributed by atoms with Crippen LogP contribution in [0.1, 0.15) is 6.92 Å². The van der Waals surface area contributed by atoms with Crippen LogP contribution in [-0.2, 0) is 9.59 Å². The van der Waals surface area contributed by atoms with Crippen LogP contribution in [0.15, 0.2) is 61.2 Å². The van der Waals surface area contributed by atoms with E-state index in [1.165, 1.54) is 31.2 Å². The zero-order valence-corrected chi connectivity index (χ0v) is 13.3. The molecule has 0 spiro atoms. The summed E-state index contributed by atoms with van der Waals surface area (Å²) in [6.07, 6.45) is 0.951. The van der Waals surface area contributed by atoms with E-state index in [9.17, 15) is 18.4 Å². The molecule has 2 aromatic carbocycles. The Kier molecular flexibility index (Phi) is 5.44. The van der Waals surface area contributed by atoms with E-state index in [1.54, 1.807) is 0 Å². The average molecular weight is 344 g/mol. The maximum atomic E-state index is 14.2. The first kappa shape index (κ1) is 18.1. The standard InChI is InChI=1S/C19H14F2O4/c1-4-18(22)24-13-6-7-14(15(20)10-13)12-5-8-17(16(21)9-12)25-19(23)11(2)3/h4-10H,1-2H2,3H3. The molecule has 2 aromatic rings. The average Bonchev–Trinajstić information content (AvgIpc) is 2.56. The summed E-state index contributed by atoms with van der Waals surface area (Å²) < 4.78 is 37.9. The second-order valence-corrected chi connectivity index (χ2v) is 5.08. The van der Waals surface area contributed by atoms with Crippen molar-refractivity contribution >= 4 is 11.9 Å². The van der Waals surface area contributed by atoms with E-state index in [0.29, 0.717) is 0 Å². The summed E-state index contributed by atoms with van der Waals surface area (Å²) in [5, 5.41) is 0. The monoisotopic (exact) mass is 344 g/mol. The van der Waals surface area contributed by atoms with Crippen molar-refractivity contribution in [3.05, 3.63) is 72.8 Å². The van der Waals surface area contributed by atoms with E-state index in [1.807, 2.05) is 0 Å². The Morgan fingerprint density at radius 3 is 2.32 bits per heavy atom. The van der Waals surface area contributed by atoms with E-state index in [4.69, 9.17) is 9.47 Å². The Morgan fingerprint density at radius 2 is 1.76 bits per heavy atom. The van der Waals surface area contributed by atoms with Gasteiger partial charge in [-0.15, -0.1) is 0 Å². The van der Waals surface area contributed by atoms with Gasteiger partial charge in [-0.1, -0.05) is 19.2 Å². The molecule has 4 nitrogen and oxygen atoms in total. The minimum absolute atomic E-state index is 0.00127. The van der Waals surface area contributed by atoms with Gasteiger partial charge in [0.1, 0.15) is 11.6 Å². The number of hydrogen-bond acceptors (Lipinski definition) is 4. The molecule has 0 radical (unpaired) electrons. The fraction of sp³-hybridized carbons (Fsp3) is 0.0526. The van der Waals surface area contributed by atoms with Gasteiger partial charge in [0.05, 0.1) is 0 Å². The van der Waals surface area contributed by atoms with Crippen LogP contribution in [0.4, 0.5) is 8.78 Å². The fourth-order valence-electron chi connectivity index (χ4n) is 1.89. The largest absolute Gasteiger partial charge is 0.423 e. The molecule has 0 N–H and O–H groups in total. The zero-order valence-electron chi connectivity index (χ0n) is 13.3. The van der Waals surface area contributed by atoms with Gasteiger partial charge < -0.3 is 9.47 Å². The highest BCUT2D eigenvalue weighted by Gasteiger charge is 2.14. The molecule has 0 aliphatic carbocycles. The molecule has 0 amide bonds. The Bertz CT molecular complexity index is 872. The van der Waals surface area contributed by atoms with Crippen LogP contribution in [0.25, 0.3) is 11.1 Å². The van der Waals surface area contributed by atoms with Crippen molar-refractivity contribution in [3.63, 3.8) is 0 Å². The number of esters is 2. The lowest BCUT2D eigenvalue weighted by Gasteiger charge is -2.09. The highest BCUT2D eigenvalue weighted by molar-refractivity contribution is 5.89. The van der Waals surface area contributed by atoms with Crippen LogP contribution in [-0.4, -0.2) is 11.9 Å². The molecule has 0 aliphatic heterocycles. The van der Waals surface area contributed by atoms with Gasteiger partial charge in [0.2, 0.25) is 0 Å². The lowest BCUT2D eigenvalue weighted by molar-refractivity contribution is -0.130. The summed E-state index contributed by atoms with van der Waals surface area (Å²) in [6, 6.07) is 7.37. The van der Waals surface area contributed by atoms with Gasteiger partial charge in [-0.25, -0.2) is 18.4 Å². The van der Waals surface area contributed by atoms with E-state index in [2.05, 4.69) is 13.2 Å². The van der Waals surface area contributed by atoms with Gasteiger partial charge in [0.15, 0.2) is 11.6 Å². The van der Waals surface area contributed by atoms with Crippen LogP contribution >= 0.6 is 0 Å². The smallest absolute Gasteiger partial charge is 0.338 e. The number of carbonyl (C=O) groups is 2. The Hall–Kier alpha value is -3.28. The van der Waals surface area contributed by atoms with Crippen LogP contribution in [0.5, 0.6) is 11.5 Å². The normalized spacial score (nSPS) is 10.0. The second-order valence-electron chi connectivity index (χ2n) is 5.08. The molecule has 0 saturated heterocycles. The molecule has 0 aliphatic rings. The van der Waals surface area contributed by atoms with Crippen molar-refractivity contribution in [1.82, 2.24) is 0 Å². The van der Waals surface area contributed by atoms with Crippen molar-refractivity contribution in [2.24, 2.45) is 0 Å². The molecule has 25 heavy (non-hydrogen) atoms. The number of halogens is 2. The lowest BCUT2D eigenvalue weighted by atomic mass is 10.0. The van der Waals surface area contributed by atoms with E-state index in [-0.39, 0.29) is 28.2 Å². The third-order valence-electron chi connectivity index (χ3n) is 3.12. The molecule has 0 unspecified atom stereocenters. The summed E-state index contributed by atoms with van der Waals surface area (Å²) in [4.78, 5) is 22.5. The molecule has 0 bridgehead atoms. The molecule has 2 rings (SSSR count). The number of hydrogen-bond donors (Lipinski definition) is 0. The third-order valence-corrected chi connectivity index (χ3v) is 3.12. The van der Waals surface area contributed by atoms with E-state index < -0.39 is 23.6 Å². The van der Waals surface area contributed by atoms with Crippen LogP contribution in [0.2, 0.25) is 0 Å². The molecule has 0 aromatic heterocycles. The maximum Gasteiger partial charge on any atom is 0.338 e. The number of ether oxygens (including phenoxy) is 2. The molecule has 0 fully saturated rings. The highest BCUT2D eigenvalue weighted by atomic mass is 19.1. The summed E-state index contributed by atoms with van der Waals surface area (Å²) in [6.45, 7) is 8.08. The Balaban J connectivity index is 2.28. The van der Waals surface area contributed by atoms with Crippen molar-refractivity contribution in [1.29, 1.82) is 0 Å². The third kappa shape index (κ3) is 4.38. The first-order valence-electron chi connectivity index (χ1n) is 7.13. The zero-order chi connectivity index (χ0) is 18.6. The van der Waals surface area contributed by atoms with Gasteiger partial charge in [-0.05, 0) is 36.8 Å². The highest BCUT2D eigenvalue weighted by Crippen LogP contribution is 2.30. The summed E-state index contributed by atoms with van der Waals surface area (Å²) in [5.74, 6) is -3.30. The van der Waals surface area contributed by atoms with Gasteiger partial charge in [0.25, 0.3) is 0 Å². The first-order valence-corrected chi connectivity index (χ1v) is 7.13. The van der Waals surface area contributed by atoms with Crippen molar-refractivity contribution in [3.8, 4) is 22.6 Å². The number of carbonyl (C=O) groups excluding carboxylic acids is 2. The SMILES string of the molecule is C=CC(=O)Oc1ccc(-c2ccc(OC(=O)C(=C)C)c(F)c2)c(F)c1. The molecular weight excluding hydrogens is 330 g/mol. The minimum Gasteiger partial charge on any atom is -0.423 e. The van der Waals surface area contributed by atoms with Crippen LogP contribution < -0.4 is 9.47 Å². The second kappa shape index (κ2) is 7.53. The van der Waals surface area contributed by atoms with Crippen LogP contribution in [0, 0.1) is 11.6 Å². The number of benzene rings is 2. The predicted octanol–water partition coefficient (Wildman–Crippen LogP) is 4.20. The molecule has 128 valence electrons. The molecule has 0 saturated carbocycles. The quantitative estimate of drug-likeness (QED) is 0.463. The van der Waals surface area contributed by atoms with Gasteiger partial charge in [-0.2, -0.15) is 0 Å². The minimum atomic E-state index is -0.825. The summed E-state index contributed by atoms with van der Waals surface area (Å²) in [7, 11) is 0.